The Morgan fingerprint density at radius 1 is 0.903 bits per heavy atom. The highest BCUT2D eigenvalue weighted by Gasteiger charge is 2.44. The number of benzene rings is 2. The van der Waals surface area contributed by atoms with Gasteiger partial charge < -0.3 is 44.2 Å². The van der Waals surface area contributed by atoms with Crippen LogP contribution < -0.4 is 15.5 Å². The molecule has 2 aromatic carbocycles. The number of ether oxygens (including phenoxy) is 3. The van der Waals surface area contributed by atoms with Gasteiger partial charge in [0.2, 0.25) is 23.5 Å². The first-order valence-electron chi connectivity index (χ1n) is 21.4. The third-order valence-electron chi connectivity index (χ3n) is 11.4. The molecule has 3 amide bonds. The molecule has 0 bridgehead atoms. The summed E-state index contributed by atoms with van der Waals surface area (Å²) in [6, 6.07) is 15.5. The normalized spacial score (nSPS) is 18.4. The molecule has 17 nitrogen and oxygen atoms in total. The first kappa shape index (κ1) is 44.6. The summed E-state index contributed by atoms with van der Waals surface area (Å²) in [5.74, 6) is 1.04. The van der Waals surface area contributed by atoms with Crippen LogP contribution in [0.2, 0.25) is 0 Å². The van der Waals surface area contributed by atoms with Crippen molar-refractivity contribution >= 4 is 40.4 Å². The number of β-amino-alcohol motifs (C(OH)–C–C–N with tert-alkyl or cyclic N) is 1. The number of piperazine rings is 1. The third kappa shape index (κ3) is 10.9. The molecule has 2 fully saturated rings. The number of oxazole rings is 1. The number of carbonyl (C=O) groups is 3. The highest BCUT2D eigenvalue weighted by Crippen LogP contribution is 2.28. The standard InChI is InChI=1S/C45H59N9O8/c1-30(32-10-12-33(13-11-32)40-31(2)46-29-62-40)47-42(57)37-26-34(55)27-54(37)43(58)41(45(3,4)5)50-39(56)28-61-25-24-60-23-22-59-21-20-51-16-18-52(19-17-51)38-14-15-53-36-9-7-6-8-35(36)48-44(53)49-38/h6-15,29-30,34,37,41,55H,16-28H2,1-5H3,(H,47,57)(H,50,56)/t30-,34+,37-,41+/m0/s1. The number of imidazole rings is 1. The number of hydrogen-bond donors (Lipinski definition) is 3. The van der Waals surface area contributed by atoms with Crippen LogP contribution in [0.1, 0.15) is 51.4 Å². The van der Waals surface area contributed by atoms with E-state index in [1.165, 1.54) is 11.3 Å². The Bertz CT molecular complexity index is 2280. The maximum atomic E-state index is 14.0. The first-order valence-corrected chi connectivity index (χ1v) is 21.4. The first-order chi connectivity index (χ1) is 29.9. The van der Waals surface area contributed by atoms with Gasteiger partial charge in [0.15, 0.2) is 12.2 Å². The van der Waals surface area contributed by atoms with Crippen LogP contribution in [0, 0.1) is 12.3 Å². The summed E-state index contributed by atoms with van der Waals surface area (Å²) in [6.45, 7) is 15.3. The van der Waals surface area contributed by atoms with Crippen LogP contribution in [-0.4, -0.2) is 149 Å². The molecule has 7 rings (SSSR count). The number of aliphatic hydroxyl groups is 1. The Morgan fingerprint density at radius 2 is 1.61 bits per heavy atom. The van der Waals surface area contributed by atoms with Crippen LogP contribution in [0.15, 0.2) is 71.6 Å². The molecule has 3 aromatic heterocycles. The molecule has 62 heavy (non-hydrogen) atoms. The summed E-state index contributed by atoms with van der Waals surface area (Å²) >= 11 is 0. The lowest BCUT2D eigenvalue weighted by molar-refractivity contribution is -0.144. The van der Waals surface area contributed by atoms with Crippen molar-refractivity contribution in [2.75, 3.05) is 83.8 Å². The molecule has 17 heteroatoms. The van der Waals surface area contributed by atoms with E-state index in [0.717, 1.165) is 66.4 Å². The molecule has 2 aliphatic heterocycles. The van der Waals surface area contributed by atoms with Crippen molar-refractivity contribution in [2.24, 2.45) is 5.41 Å². The summed E-state index contributed by atoms with van der Waals surface area (Å²) in [4.78, 5) is 60.3. The van der Waals surface area contributed by atoms with Gasteiger partial charge in [-0.15, -0.1) is 0 Å². The van der Waals surface area contributed by atoms with Crippen LogP contribution in [0.4, 0.5) is 5.82 Å². The molecular formula is C45H59N9O8. The van der Waals surface area contributed by atoms with E-state index in [1.807, 2.05) is 87.7 Å². The number of fused-ring (bicyclic) bond motifs is 3. The Balaban J connectivity index is 0.765. The van der Waals surface area contributed by atoms with Crippen LogP contribution in [0.3, 0.4) is 0 Å². The number of rotatable bonds is 18. The smallest absolute Gasteiger partial charge is 0.246 e. The van der Waals surface area contributed by atoms with E-state index in [4.69, 9.17) is 23.6 Å². The van der Waals surface area contributed by atoms with Crippen molar-refractivity contribution < 1.29 is 38.1 Å². The second-order valence-corrected chi connectivity index (χ2v) is 17.0. The molecule has 5 heterocycles. The summed E-state index contributed by atoms with van der Waals surface area (Å²) in [5, 5.41) is 16.4. The zero-order valence-corrected chi connectivity index (χ0v) is 36.3. The van der Waals surface area contributed by atoms with Gasteiger partial charge in [-0.05, 0) is 43.0 Å². The lowest BCUT2D eigenvalue weighted by atomic mass is 9.85. The van der Waals surface area contributed by atoms with Gasteiger partial charge in [-0.3, -0.25) is 23.7 Å². The van der Waals surface area contributed by atoms with Crippen molar-refractivity contribution in [1.29, 1.82) is 0 Å². The molecule has 5 aromatic rings. The Morgan fingerprint density at radius 3 is 2.32 bits per heavy atom. The van der Waals surface area contributed by atoms with Crippen molar-refractivity contribution in [2.45, 2.75) is 65.3 Å². The maximum absolute atomic E-state index is 14.0. The monoisotopic (exact) mass is 853 g/mol. The van der Waals surface area contributed by atoms with Crippen molar-refractivity contribution in [3.63, 3.8) is 0 Å². The number of aliphatic hydroxyl groups excluding tert-OH is 1. The largest absolute Gasteiger partial charge is 0.443 e. The lowest BCUT2D eigenvalue weighted by Crippen LogP contribution is -2.58. The van der Waals surface area contributed by atoms with Gasteiger partial charge in [-0.25, -0.2) is 9.97 Å². The minimum absolute atomic E-state index is 0.0190. The number of para-hydroxylation sites is 2. The molecule has 332 valence electrons. The molecule has 0 saturated carbocycles. The number of likely N-dealkylation sites (tertiary alicyclic amines) is 1. The predicted octanol–water partition coefficient (Wildman–Crippen LogP) is 3.39. The summed E-state index contributed by atoms with van der Waals surface area (Å²) < 4.78 is 24.5. The average Bonchev–Trinajstić information content (AvgIpc) is 3.99. The van der Waals surface area contributed by atoms with Gasteiger partial charge in [0, 0.05) is 57.4 Å². The van der Waals surface area contributed by atoms with Crippen molar-refractivity contribution in [1.82, 2.24) is 39.8 Å². The van der Waals surface area contributed by atoms with Gasteiger partial charge in [0.1, 0.15) is 24.5 Å². The van der Waals surface area contributed by atoms with E-state index in [9.17, 15) is 19.5 Å². The van der Waals surface area contributed by atoms with Gasteiger partial charge in [0.05, 0.1) is 61.9 Å². The Kier molecular flexibility index (Phi) is 14.5. The Labute approximate surface area is 361 Å². The SMILES string of the molecule is Cc1ncoc1-c1ccc([C@H](C)NC(=O)[C@@H]2C[C@@H](O)CN2C(=O)[C@@H](NC(=O)COCCOCCOCCN2CCN(c3ccn4c(n3)nc3ccccc34)CC2)C(C)(C)C)cc1. The van der Waals surface area contributed by atoms with E-state index < -0.39 is 35.4 Å². The van der Waals surface area contributed by atoms with E-state index in [-0.39, 0.29) is 44.7 Å². The van der Waals surface area contributed by atoms with E-state index in [2.05, 4.69) is 42.5 Å². The summed E-state index contributed by atoms with van der Waals surface area (Å²) in [5.41, 5.74) is 3.81. The van der Waals surface area contributed by atoms with Crippen LogP contribution in [-0.2, 0) is 28.6 Å². The fraction of sp³-hybridized carbons (Fsp3) is 0.511. The molecule has 2 saturated heterocycles. The number of anilines is 1. The molecule has 0 radical (unpaired) electrons. The van der Waals surface area contributed by atoms with Crippen LogP contribution in [0.5, 0.6) is 0 Å². The fourth-order valence-corrected chi connectivity index (χ4v) is 7.93. The van der Waals surface area contributed by atoms with Gasteiger partial charge in [-0.2, -0.15) is 4.98 Å². The third-order valence-corrected chi connectivity index (χ3v) is 11.4. The number of carbonyl (C=O) groups excluding carboxylic acids is 3. The minimum Gasteiger partial charge on any atom is -0.443 e. The second-order valence-electron chi connectivity index (χ2n) is 17.0. The molecular weight excluding hydrogens is 795 g/mol. The van der Waals surface area contributed by atoms with Crippen molar-refractivity contribution in [3.8, 4) is 11.3 Å². The molecule has 4 atom stereocenters. The van der Waals surface area contributed by atoms with Gasteiger partial charge >= 0.3 is 0 Å². The molecule has 0 unspecified atom stereocenters. The van der Waals surface area contributed by atoms with E-state index in [1.54, 1.807) is 0 Å². The summed E-state index contributed by atoms with van der Waals surface area (Å²) in [6.07, 6.45) is 2.66. The second kappa shape index (κ2) is 20.2. The van der Waals surface area contributed by atoms with Crippen LogP contribution >= 0.6 is 0 Å². The topological polar surface area (TPSA) is 189 Å². The van der Waals surface area contributed by atoms with E-state index in [0.29, 0.717) is 31.4 Å². The van der Waals surface area contributed by atoms with Gasteiger partial charge in [-0.1, -0.05) is 57.2 Å². The highest BCUT2D eigenvalue weighted by molar-refractivity contribution is 5.93. The number of aromatic nitrogens is 4. The zero-order valence-electron chi connectivity index (χ0n) is 36.3. The number of nitrogens with zero attached hydrogens (tertiary/aromatic N) is 7. The molecule has 2 aliphatic rings. The number of nitrogens with one attached hydrogen (secondary N) is 2. The average molecular weight is 854 g/mol. The zero-order chi connectivity index (χ0) is 43.8. The van der Waals surface area contributed by atoms with E-state index >= 15 is 0 Å². The minimum atomic E-state index is -0.961. The molecule has 0 aliphatic carbocycles. The van der Waals surface area contributed by atoms with Gasteiger partial charge in [0.25, 0.3) is 0 Å². The fourth-order valence-electron chi connectivity index (χ4n) is 7.93. The predicted molar refractivity (Wildman–Crippen MR) is 232 cm³/mol. The maximum Gasteiger partial charge on any atom is 0.246 e. The Hall–Kier alpha value is -5.46. The lowest BCUT2D eigenvalue weighted by Gasteiger charge is -2.35. The number of hydrogen-bond acceptors (Lipinski definition) is 13. The summed E-state index contributed by atoms with van der Waals surface area (Å²) in [7, 11) is 0. The quantitative estimate of drug-likeness (QED) is 0.109. The van der Waals surface area contributed by atoms with Crippen LogP contribution in [0.25, 0.3) is 28.1 Å². The van der Waals surface area contributed by atoms with Crippen molar-refractivity contribution in [3.05, 3.63) is 78.4 Å². The molecule has 3 N–H and O–H groups in total. The number of amides is 3. The highest BCUT2D eigenvalue weighted by atomic mass is 16.5. The molecule has 0 spiro atoms. The number of aryl methyl sites for hydroxylation is 1.